The minimum absolute atomic E-state index is 0.113. The van der Waals surface area contributed by atoms with Gasteiger partial charge in [0.2, 0.25) is 5.91 Å². The lowest BCUT2D eigenvalue weighted by Crippen LogP contribution is -2.20. The summed E-state index contributed by atoms with van der Waals surface area (Å²) in [5, 5.41) is 13.6. The fourth-order valence-electron chi connectivity index (χ4n) is 1.85. The van der Waals surface area contributed by atoms with Gasteiger partial charge < -0.3 is 5.32 Å². The Labute approximate surface area is 111 Å². The first-order valence-electron chi connectivity index (χ1n) is 6.30. The summed E-state index contributed by atoms with van der Waals surface area (Å²) in [5.41, 5.74) is 2.00. The van der Waals surface area contributed by atoms with Crippen LogP contribution in [0.15, 0.2) is 30.6 Å². The number of hydrogen-bond donors (Lipinski definition) is 1. The summed E-state index contributed by atoms with van der Waals surface area (Å²) < 4.78 is 1.39. The van der Waals surface area contributed by atoms with Crippen molar-refractivity contribution in [1.82, 2.24) is 20.2 Å². The molecule has 0 unspecified atom stereocenters. The maximum atomic E-state index is 11.9. The first-order valence-corrected chi connectivity index (χ1v) is 6.30. The number of tetrazole rings is 1. The number of carbonyl (C=O) groups excluding carboxylic acids is 1. The number of rotatable bonds is 5. The lowest BCUT2D eigenvalue weighted by atomic mass is 9.97. The Kier molecular flexibility index (Phi) is 4.22. The number of aromatic nitrogens is 4. The van der Waals surface area contributed by atoms with Gasteiger partial charge in [-0.1, -0.05) is 32.0 Å². The molecule has 1 amide bonds. The van der Waals surface area contributed by atoms with Crippen LogP contribution in [0.25, 0.3) is 0 Å². The molecule has 100 valence electrons. The highest BCUT2D eigenvalue weighted by molar-refractivity contribution is 5.91. The Morgan fingerprint density at radius 3 is 2.89 bits per heavy atom. The van der Waals surface area contributed by atoms with E-state index in [9.17, 15) is 4.79 Å². The zero-order valence-corrected chi connectivity index (χ0v) is 11.1. The second-order valence-electron chi connectivity index (χ2n) is 4.45. The second-order valence-corrected chi connectivity index (χ2v) is 4.45. The molecule has 0 aliphatic carbocycles. The predicted octanol–water partition coefficient (Wildman–Crippen LogP) is 1.83. The fourth-order valence-corrected chi connectivity index (χ4v) is 1.85. The molecule has 19 heavy (non-hydrogen) atoms. The monoisotopic (exact) mass is 259 g/mol. The van der Waals surface area contributed by atoms with Gasteiger partial charge in [0.1, 0.15) is 12.9 Å². The minimum atomic E-state index is -0.136. The van der Waals surface area contributed by atoms with Gasteiger partial charge in [-0.2, -0.15) is 0 Å². The number of nitrogens with zero attached hydrogens (tertiary/aromatic N) is 4. The third kappa shape index (κ3) is 3.37. The number of para-hydroxylation sites is 1. The van der Waals surface area contributed by atoms with Crippen molar-refractivity contribution in [2.24, 2.45) is 0 Å². The molecule has 1 heterocycles. The largest absolute Gasteiger partial charge is 0.324 e. The molecule has 0 saturated carbocycles. The molecule has 0 spiro atoms. The van der Waals surface area contributed by atoms with E-state index in [4.69, 9.17) is 0 Å². The maximum Gasteiger partial charge on any atom is 0.246 e. The predicted molar refractivity (Wildman–Crippen MR) is 71.6 cm³/mol. The van der Waals surface area contributed by atoms with E-state index in [-0.39, 0.29) is 12.5 Å². The van der Waals surface area contributed by atoms with E-state index in [2.05, 4.69) is 34.7 Å². The molecule has 0 fully saturated rings. The minimum Gasteiger partial charge on any atom is -0.324 e. The molecule has 1 aromatic carbocycles. The maximum absolute atomic E-state index is 11.9. The third-order valence-corrected chi connectivity index (χ3v) is 3.08. The van der Waals surface area contributed by atoms with E-state index in [1.165, 1.54) is 11.0 Å². The van der Waals surface area contributed by atoms with Gasteiger partial charge in [-0.3, -0.25) is 4.79 Å². The average Bonchev–Trinajstić information content (AvgIpc) is 2.91. The summed E-state index contributed by atoms with van der Waals surface area (Å²) >= 11 is 0. The molecule has 0 radical (unpaired) electrons. The molecule has 6 nitrogen and oxygen atoms in total. The molecular formula is C13H17N5O. The zero-order chi connectivity index (χ0) is 13.7. The Bertz CT molecular complexity index is 538. The molecule has 0 saturated heterocycles. The third-order valence-electron chi connectivity index (χ3n) is 3.08. The van der Waals surface area contributed by atoms with Gasteiger partial charge in [0, 0.05) is 5.69 Å². The smallest absolute Gasteiger partial charge is 0.246 e. The van der Waals surface area contributed by atoms with Crippen LogP contribution < -0.4 is 5.32 Å². The quantitative estimate of drug-likeness (QED) is 0.889. The van der Waals surface area contributed by atoms with Crippen LogP contribution in [0.2, 0.25) is 0 Å². The van der Waals surface area contributed by atoms with Crippen molar-refractivity contribution in [3.8, 4) is 0 Å². The van der Waals surface area contributed by atoms with Gasteiger partial charge in [-0.15, -0.1) is 5.10 Å². The number of anilines is 1. The second kappa shape index (κ2) is 6.08. The van der Waals surface area contributed by atoms with Gasteiger partial charge in [0.25, 0.3) is 0 Å². The van der Waals surface area contributed by atoms with Gasteiger partial charge in [-0.05, 0) is 34.4 Å². The Morgan fingerprint density at radius 2 is 2.21 bits per heavy atom. The van der Waals surface area contributed by atoms with E-state index < -0.39 is 0 Å². The molecular weight excluding hydrogens is 242 g/mol. The lowest BCUT2D eigenvalue weighted by molar-refractivity contribution is -0.116. The molecule has 1 atom stereocenters. The van der Waals surface area contributed by atoms with Crippen molar-refractivity contribution in [2.45, 2.75) is 32.7 Å². The highest BCUT2D eigenvalue weighted by Crippen LogP contribution is 2.26. The standard InChI is InChI=1S/C13H17N5O/c1-3-10(2)11-6-4-5-7-12(11)15-13(19)8-18-9-14-16-17-18/h4-7,9-10H,3,8H2,1-2H3,(H,15,19)/t10-/m0/s1. The van der Waals surface area contributed by atoms with E-state index >= 15 is 0 Å². The van der Waals surface area contributed by atoms with Gasteiger partial charge in [0.15, 0.2) is 0 Å². The summed E-state index contributed by atoms with van der Waals surface area (Å²) in [6.45, 7) is 4.39. The number of carbonyl (C=O) groups is 1. The van der Waals surface area contributed by atoms with Crippen LogP contribution in [-0.2, 0) is 11.3 Å². The van der Waals surface area contributed by atoms with E-state index in [1.54, 1.807) is 0 Å². The molecule has 1 N–H and O–H groups in total. The van der Waals surface area contributed by atoms with Crippen LogP contribution in [0.4, 0.5) is 5.69 Å². The Balaban J connectivity index is 2.08. The summed E-state index contributed by atoms with van der Waals surface area (Å²) in [4.78, 5) is 11.9. The summed E-state index contributed by atoms with van der Waals surface area (Å²) in [5.74, 6) is 0.271. The van der Waals surface area contributed by atoms with E-state index in [1.807, 2.05) is 24.3 Å². The van der Waals surface area contributed by atoms with Gasteiger partial charge in [-0.25, -0.2) is 4.68 Å². The van der Waals surface area contributed by atoms with Crippen LogP contribution in [0.3, 0.4) is 0 Å². The van der Waals surface area contributed by atoms with Gasteiger partial charge >= 0.3 is 0 Å². The molecule has 6 heteroatoms. The highest BCUT2D eigenvalue weighted by atomic mass is 16.2. The molecule has 2 rings (SSSR count). The van der Waals surface area contributed by atoms with Crippen LogP contribution in [0.1, 0.15) is 31.7 Å². The summed E-state index contributed by atoms with van der Waals surface area (Å²) in [7, 11) is 0. The zero-order valence-electron chi connectivity index (χ0n) is 11.1. The van der Waals surface area contributed by atoms with Gasteiger partial charge in [0.05, 0.1) is 0 Å². The van der Waals surface area contributed by atoms with Crippen molar-refractivity contribution < 1.29 is 4.79 Å². The summed E-state index contributed by atoms with van der Waals surface area (Å²) in [6, 6.07) is 7.86. The Hall–Kier alpha value is -2.24. The summed E-state index contributed by atoms with van der Waals surface area (Å²) in [6.07, 6.45) is 2.44. The molecule has 1 aromatic heterocycles. The average molecular weight is 259 g/mol. The van der Waals surface area contributed by atoms with Crippen LogP contribution >= 0.6 is 0 Å². The van der Waals surface area contributed by atoms with E-state index in [0.717, 1.165) is 17.7 Å². The molecule has 2 aromatic rings. The SMILES string of the molecule is CC[C@H](C)c1ccccc1NC(=O)Cn1cnnn1. The van der Waals surface area contributed by atoms with Crippen LogP contribution in [0, 0.1) is 0 Å². The first kappa shape index (κ1) is 13.2. The number of hydrogen-bond acceptors (Lipinski definition) is 4. The lowest BCUT2D eigenvalue weighted by Gasteiger charge is -2.15. The topological polar surface area (TPSA) is 72.7 Å². The number of nitrogens with one attached hydrogen (secondary N) is 1. The number of amides is 1. The van der Waals surface area contributed by atoms with Crippen molar-refractivity contribution in [3.63, 3.8) is 0 Å². The normalized spacial score (nSPS) is 12.1. The molecule has 0 bridgehead atoms. The van der Waals surface area contributed by atoms with E-state index in [0.29, 0.717) is 5.92 Å². The molecule has 0 aliphatic heterocycles. The van der Waals surface area contributed by atoms with Crippen molar-refractivity contribution in [2.75, 3.05) is 5.32 Å². The fraction of sp³-hybridized carbons (Fsp3) is 0.385. The highest BCUT2D eigenvalue weighted by Gasteiger charge is 2.11. The number of benzene rings is 1. The van der Waals surface area contributed by atoms with Crippen molar-refractivity contribution in [1.29, 1.82) is 0 Å². The van der Waals surface area contributed by atoms with Crippen LogP contribution in [0.5, 0.6) is 0 Å². The van der Waals surface area contributed by atoms with Crippen molar-refractivity contribution in [3.05, 3.63) is 36.2 Å². The van der Waals surface area contributed by atoms with Crippen molar-refractivity contribution >= 4 is 11.6 Å². The van der Waals surface area contributed by atoms with Crippen LogP contribution in [-0.4, -0.2) is 26.1 Å². The first-order chi connectivity index (χ1) is 9.20. The Morgan fingerprint density at radius 1 is 1.42 bits per heavy atom. The molecule has 0 aliphatic rings.